The molecule has 2 atom stereocenters. The Morgan fingerprint density at radius 3 is 2.76 bits per heavy atom. The van der Waals surface area contributed by atoms with Gasteiger partial charge in [-0.2, -0.15) is 0 Å². The summed E-state index contributed by atoms with van der Waals surface area (Å²) in [6, 6.07) is 10.3. The zero-order valence-electron chi connectivity index (χ0n) is 15.1. The molecule has 0 saturated heterocycles. The Morgan fingerprint density at radius 2 is 2.08 bits per heavy atom. The highest BCUT2D eigenvalue weighted by Crippen LogP contribution is 2.27. The number of thiazole rings is 1. The first-order valence-electron chi connectivity index (χ1n) is 8.98. The molecule has 25 heavy (non-hydrogen) atoms. The number of ether oxygens (including phenoxy) is 1. The monoisotopic (exact) mass is 358 g/mol. The lowest BCUT2D eigenvalue weighted by Gasteiger charge is -2.21. The number of hydrogen-bond donors (Lipinski definition) is 1. The highest BCUT2D eigenvalue weighted by Gasteiger charge is 2.30. The lowest BCUT2D eigenvalue weighted by atomic mass is 10.2. The van der Waals surface area contributed by atoms with Crippen LogP contribution in [0.2, 0.25) is 0 Å². The predicted octanol–water partition coefficient (Wildman–Crippen LogP) is 4.44. The zero-order chi connectivity index (χ0) is 17.8. The van der Waals surface area contributed by atoms with Crippen LogP contribution in [0.1, 0.15) is 65.0 Å². The van der Waals surface area contributed by atoms with Crippen LogP contribution in [-0.4, -0.2) is 23.0 Å². The molecule has 5 heteroatoms. The van der Waals surface area contributed by atoms with Crippen molar-refractivity contribution in [3.63, 3.8) is 0 Å². The van der Waals surface area contributed by atoms with Crippen molar-refractivity contribution < 1.29 is 9.53 Å². The second-order valence-electron chi connectivity index (χ2n) is 6.97. The van der Waals surface area contributed by atoms with Crippen molar-refractivity contribution in [3.8, 4) is 0 Å². The molecule has 0 bridgehead atoms. The number of benzene rings is 1. The van der Waals surface area contributed by atoms with Crippen LogP contribution in [0.4, 0.5) is 0 Å². The highest BCUT2D eigenvalue weighted by atomic mass is 32.1. The molecule has 1 fully saturated rings. The van der Waals surface area contributed by atoms with Gasteiger partial charge < -0.3 is 10.1 Å². The van der Waals surface area contributed by atoms with E-state index >= 15 is 0 Å². The molecule has 1 amide bonds. The number of carbonyl (C=O) groups is 1. The van der Waals surface area contributed by atoms with Crippen molar-refractivity contribution in [1.29, 1.82) is 0 Å². The van der Waals surface area contributed by atoms with E-state index in [-0.39, 0.29) is 18.1 Å². The summed E-state index contributed by atoms with van der Waals surface area (Å²) >= 11 is 1.51. The average molecular weight is 359 g/mol. The fourth-order valence-corrected chi connectivity index (χ4v) is 4.15. The molecule has 0 unspecified atom stereocenters. The number of amides is 1. The summed E-state index contributed by atoms with van der Waals surface area (Å²) in [5.74, 6) is 0.334. The van der Waals surface area contributed by atoms with E-state index in [2.05, 4.69) is 36.3 Å². The minimum atomic E-state index is -0.0119. The minimum absolute atomic E-state index is 0.0119. The van der Waals surface area contributed by atoms with Gasteiger partial charge >= 0.3 is 0 Å². The third kappa shape index (κ3) is 4.47. The van der Waals surface area contributed by atoms with Crippen LogP contribution in [0.5, 0.6) is 0 Å². The molecule has 1 saturated carbocycles. The quantitative estimate of drug-likeness (QED) is 0.830. The zero-order valence-corrected chi connectivity index (χ0v) is 15.9. The van der Waals surface area contributed by atoms with E-state index in [1.165, 1.54) is 16.9 Å². The van der Waals surface area contributed by atoms with E-state index in [1.54, 1.807) is 0 Å². The molecule has 1 aromatic heterocycles. The molecule has 134 valence electrons. The second-order valence-corrected chi connectivity index (χ2v) is 8.00. The largest absolute Gasteiger partial charge is 0.371 e. The van der Waals surface area contributed by atoms with Crippen LogP contribution < -0.4 is 5.32 Å². The maximum Gasteiger partial charge on any atom is 0.263 e. The first-order valence-corrected chi connectivity index (χ1v) is 9.80. The van der Waals surface area contributed by atoms with Gasteiger partial charge in [0.05, 0.1) is 29.5 Å². The number of nitrogens with one attached hydrogen (secondary N) is 1. The summed E-state index contributed by atoms with van der Waals surface area (Å²) in [6.45, 7) is 6.71. The number of nitrogens with zero attached hydrogens (tertiary/aromatic N) is 1. The van der Waals surface area contributed by atoms with Crippen molar-refractivity contribution >= 4 is 17.2 Å². The minimum Gasteiger partial charge on any atom is -0.371 e. The Labute approximate surface area is 153 Å². The van der Waals surface area contributed by atoms with Crippen LogP contribution in [-0.2, 0) is 11.3 Å². The molecule has 1 aliphatic rings. The number of aromatic nitrogens is 1. The van der Waals surface area contributed by atoms with E-state index in [9.17, 15) is 4.79 Å². The van der Waals surface area contributed by atoms with E-state index in [4.69, 9.17) is 4.74 Å². The van der Waals surface area contributed by atoms with Crippen LogP contribution in [0.25, 0.3) is 0 Å². The summed E-state index contributed by atoms with van der Waals surface area (Å²) in [5.41, 5.74) is 1.99. The maximum atomic E-state index is 12.7. The van der Waals surface area contributed by atoms with E-state index < -0.39 is 0 Å². The van der Waals surface area contributed by atoms with Crippen molar-refractivity contribution in [2.24, 2.45) is 0 Å². The van der Waals surface area contributed by atoms with Gasteiger partial charge in [-0.05, 0) is 31.7 Å². The SMILES string of the molecule is Cc1nc(C(C)C)sc1C(=O)N[C@@H]1CCC[C@H]1OCc1ccccc1. The van der Waals surface area contributed by atoms with E-state index in [1.807, 2.05) is 25.1 Å². The van der Waals surface area contributed by atoms with Gasteiger partial charge in [0.2, 0.25) is 0 Å². The van der Waals surface area contributed by atoms with Gasteiger partial charge in [0.15, 0.2) is 0 Å². The fraction of sp³-hybridized carbons (Fsp3) is 0.500. The normalized spacial score (nSPS) is 20.2. The molecule has 1 N–H and O–H groups in total. The molecular weight excluding hydrogens is 332 g/mol. The maximum absolute atomic E-state index is 12.7. The summed E-state index contributed by atoms with van der Waals surface area (Å²) in [7, 11) is 0. The molecule has 0 radical (unpaired) electrons. The predicted molar refractivity (Wildman–Crippen MR) is 101 cm³/mol. The van der Waals surface area contributed by atoms with Gasteiger partial charge in [0.1, 0.15) is 4.88 Å². The lowest BCUT2D eigenvalue weighted by molar-refractivity contribution is 0.0272. The van der Waals surface area contributed by atoms with Gasteiger partial charge in [-0.3, -0.25) is 4.79 Å². The van der Waals surface area contributed by atoms with Gasteiger partial charge in [0, 0.05) is 5.92 Å². The molecule has 1 aromatic carbocycles. The summed E-state index contributed by atoms with van der Waals surface area (Å²) in [5, 5.41) is 4.20. The van der Waals surface area contributed by atoms with Crippen LogP contribution in [0, 0.1) is 6.92 Å². The molecular formula is C20H26N2O2S. The number of carbonyl (C=O) groups excluding carboxylic acids is 1. The summed E-state index contributed by atoms with van der Waals surface area (Å²) < 4.78 is 6.09. The van der Waals surface area contributed by atoms with Crippen molar-refractivity contribution in [1.82, 2.24) is 10.3 Å². The summed E-state index contributed by atoms with van der Waals surface area (Å²) in [6.07, 6.45) is 3.14. The van der Waals surface area contributed by atoms with E-state index in [0.29, 0.717) is 12.5 Å². The molecule has 4 nitrogen and oxygen atoms in total. The number of rotatable bonds is 6. The third-order valence-electron chi connectivity index (χ3n) is 4.59. The van der Waals surface area contributed by atoms with E-state index in [0.717, 1.165) is 34.8 Å². The Balaban J connectivity index is 1.60. The van der Waals surface area contributed by atoms with Crippen molar-refractivity contribution in [2.75, 3.05) is 0 Å². The molecule has 0 aliphatic heterocycles. The van der Waals surface area contributed by atoms with Crippen molar-refractivity contribution in [3.05, 3.63) is 51.5 Å². The topological polar surface area (TPSA) is 51.2 Å². The molecule has 2 aromatic rings. The summed E-state index contributed by atoms with van der Waals surface area (Å²) in [4.78, 5) is 17.9. The Kier molecular flexibility index (Phi) is 5.86. The Bertz CT molecular complexity index is 712. The van der Waals surface area contributed by atoms with Gasteiger partial charge in [-0.1, -0.05) is 44.2 Å². The average Bonchev–Trinajstić information content (AvgIpc) is 3.20. The van der Waals surface area contributed by atoms with Crippen LogP contribution >= 0.6 is 11.3 Å². The van der Waals surface area contributed by atoms with Crippen LogP contribution in [0.3, 0.4) is 0 Å². The van der Waals surface area contributed by atoms with Gasteiger partial charge in [0.25, 0.3) is 5.91 Å². The standard InChI is InChI=1S/C20H26N2O2S/c1-13(2)20-21-14(3)18(25-20)19(23)22-16-10-7-11-17(16)24-12-15-8-5-4-6-9-15/h4-6,8-9,13,16-17H,7,10-12H2,1-3H3,(H,22,23)/t16-,17-/m1/s1. The first kappa shape index (κ1) is 18.1. The number of aryl methyl sites for hydroxylation is 1. The second kappa shape index (κ2) is 8.11. The highest BCUT2D eigenvalue weighted by molar-refractivity contribution is 7.13. The van der Waals surface area contributed by atoms with Gasteiger partial charge in [-0.25, -0.2) is 4.98 Å². The molecule has 3 rings (SSSR count). The Morgan fingerprint density at radius 1 is 1.32 bits per heavy atom. The lowest BCUT2D eigenvalue weighted by Crippen LogP contribution is -2.41. The van der Waals surface area contributed by atoms with Crippen LogP contribution in [0.15, 0.2) is 30.3 Å². The van der Waals surface area contributed by atoms with Crippen molar-refractivity contribution in [2.45, 2.75) is 64.7 Å². The molecule has 1 heterocycles. The first-order chi connectivity index (χ1) is 12.0. The fourth-order valence-electron chi connectivity index (χ4n) is 3.18. The third-order valence-corrected chi connectivity index (χ3v) is 6.05. The smallest absolute Gasteiger partial charge is 0.263 e. The van der Waals surface area contributed by atoms with Gasteiger partial charge in [-0.15, -0.1) is 11.3 Å². The molecule has 0 spiro atoms. The Hall–Kier alpha value is -1.72. The molecule has 1 aliphatic carbocycles. The number of hydrogen-bond acceptors (Lipinski definition) is 4.